The number of benzene rings is 1. The molecule has 0 saturated heterocycles. The molecule has 1 aliphatic rings. The Morgan fingerprint density at radius 1 is 1.33 bits per heavy atom. The van der Waals surface area contributed by atoms with Crippen molar-refractivity contribution in [2.45, 2.75) is 32.1 Å². The molecule has 1 unspecified atom stereocenters. The molecule has 0 bridgehead atoms. The Labute approximate surface area is 109 Å². The number of anilines is 1. The largest absolute Gasteiger partial charge is 0.283 e. The summed E-state index contributed by atoms with van der Waals surface area (Å²) in [7, 11) is -3.23. The molecular weight excluding hydrogens is 246 g/mol. The zero-order valence-corrected chi connectivity index (χ0v) is 11.6. The minimum atomic E-state index is -3.23. The summed E-state index contributed by atoms with van der Waals surface area (Å²) in [6, 6.07) is 5.94. The van der Waals surface area contributed by atoms with Crippen molar-refractivity contribution in [3.8, 4) is 0 Å². The number of para-hydroxylation sites is 1. The van der Waals surface area contributed by atoms with Crippen molar-refractivity contribution in [1.29, 1.82) is 0 Å². The fourth-order valence-corrected chi connectivity index (χ4v) is 3.05. The van der Waals surface area contributed by atoms with Crippen molar-refractivity contribution in [2.75, 3.05) is 11.0 Å². The van der Waals surface area contributed by atoms with Gasteiger partial charge in [0.15, 0.2) is 0 Å². The molecule has 0 radical (unpaired) electrons. The van der Waals surface area contributed by atoms with Gasteiger partial charge in [0.05, 0.1) is 11.9 Å². The number of hydrogen-bond donors (Lipinski definition) is 1. The molecule has 1 atom stereocenters. The number of hydrogen-bond acceptors (Lipinski definition) is 2. The Hall–Kier alpha value is -1.29. The van der Waals surface area contributed by atoms with Gasteiger partial charge in [-0.2, -0.15) is 0 Å². The average molecular weight is 265 g/mol. The van der Waals surface area contributed by atoms with E-state index < -0.39 is 10.0 Å². The minimum absolute atomic E-state index is 0.322. The second-order valence-electron chi connectivity index (χ2n) is 4.88. The van der Waals surface area contributed by atoms with Crippen LogP contribution in [-0.2, 0) is 10.0 Å². The third-order valence-corrected chi connectivity index (χ3v) is 3.82. The Balaban J connectivity index is 2.43. The molecule has 1 aromatic rings. The monoisotopic (exact) mass is 265 g/mol. The molecule has 0 heterocycles. The molecule has 0 amide bonds. The highest BCUT2D eigenvalue weighted by Crippen LogP contribution is 2.34. The van der Waals surface area contributed by atoms with Gasteiger partial charge in [0.2, 0.25) is 10.0 Å². The number of sulfonamides is 1. The maximum atomic E-state index is 11.5. The van der Waals surface area contributed by atoms with Gasteiger partial charge in [0.25, 0.3) is 0 Å². The van der Waals surface area contributed by atoms with E-state index in [0.717, 1.165) is 36.1 Å². The second-order valence-corrected chi connectivity index (χ2v) is 6.63. The summed E-state index contributed by atoms with van der Waals surface area (Å²) in [6.45, 7) is 1.93. The van der Waals surface area contributed by atoms with Crippen LogP contribution in [0, 0.1) is 6.92 Å². The summed E-state index contributed by atoms with van der Waals surface area (Å²) < 4.78 is 25.6. The van der Waals surface area contributed by atoms with E-state index in [1.54, 1.807) is 0 Å². The van der Waals surface area contributed by atoms with Gasteiger partial charge in [-0.25, -0.2) is 8.42 Å². The number of rotatable bonds is 3. The average Bonchev–Trinajstić information content (AvgIpc) is 2.31. The first kappa shape index (κ1) is 13.1. The Morgan fingerprint density at radius 3 is 2.72 bits per heavy atom. The maximum Gasteiger partial charge on any atom is 0.229 e. The van der Waals surface area contributed by atoms with Gasteiger partial charge in [-0.05, 0) is 37.3 Å². The first-order valence-electron chi connectivity index (χ1n) is 6.21. The van der Waals surface area contributed by atoms with Crippen molar-refractivity contribution in [3.63, 3.8) is 0 Å². The van der Waals surface area contributed by atoms with Crippen LogP contribution in [-0.4, -0.2) is 14.7 Å². The van der Waals surface area contributed by atoms with Crippen LogP contribution in [0.2, 0.25) is 0 Å². The highest BCUT2D eigenvalue weighted by Gasteiger charge is 2.17. The third-order valence-electron chi connectivity index (χ3n) is 3.25. The summed E-state index contributed by atoms with van der Waals surface area (Å²) in [5.41, 5.74) is 2.80. The highest BCUT2D eigenvalue weighted by atomic mass is 32.2. The molecule has 1 aromatic carbocycles. The second kappa shape index (κ2) is 5.14. The van der Waals surface area contributed by atoms with Gasteiger partial charge >= 0.3 is 0 Å². The maximum absolute atomic E-state index is 11.5. The van der Waals surface area contributed by atoms with Crippen LogP contribution >= 0.6 is 0 Å². The normalized spacial score (nSPS) is 19.8. The summed E-state index contributed by atoms with van der Waals surface area (Å²) in [5, 5.41) is 0. The van der Waals surface area contributed by atoms with Crippen molar-refractivity contribution in [1.82, 2.24) is 0 Å². The molecular formula is C14H19NO2S. The van der Waals surface area contributed by atoms with E-state index in [0.29, 0.717) is 5.92 Å². The lowest BCUT2D eigenvalue weighted by atomic mass is 9.87. The van der Waals surface area contributed by atoms with E-state index in [9.17, 15) is 8.42 Å². The van der Waals surface area contributed by atoms with Crippen LogP contribution in [0.1, 0.15) is 36.3 Å². The van der Waals surface area contributed by atoms with Crippen LogP contribution in [0.15, 0.2) is 30.4 Å². The van der Waals surface area contributed by atoms with E-state index in [4.69, 9.17) is 0 Å². The molecule has 1 aliphatic carbocycles. The molecule has 2 rings (SSSR count). The van der Waals surface area contributed by atoms with Gasteiger partial charge in [0, 0.05) is 5.92 Å². The first-order chi connectivity index (χ1) is 8.47. The number of nitrogens with one attached hydrogen (secondary N) is 1. The standard InChI is InChI=1S/C14H19NO2S/c1-11-7-6-10-13(12-8-4-3-5-9-12)14(11)15-18(2,16)17/h4,6-8,10,12,15H,3,5,9H2,1-2H3. The number of allylic oxidation sites excluding steroid dienone is 2. The molecule has 98 valence electrons. The topological polar surface area (TPSA) is 46.2 Å². The Kier molecular flexibility index (Phi) is 3.76. The van der Waals surface area contributed by atoms with Crippen LogP contribution in [0.4, 0.5) is 5.69 Å². The molecule has 18 heavy (non-hydrogen) atoms. The van der Waals surface area contributed by atoms with Crippen molar-refractivity contribution in [3.05, 3.63) is 41.5 Å². The number of aryl methyl sites for hydroxylation is 1. The molecule has 0 spiro atoms. The molecule has 4 heteroatoms. The summed E-state index contributed by atoms with van der Waals surface area (Å²) in [4.78, 5) is 0. The van der Waals surface area contributed by atoms with E-state index in [2.05, 4.69) is 16.9 Å². The minimum Gasteiger partial charge on any atom is -0.283 e. The highest BCUT2D eigenvalue weighted by molar-refractivity contribution is 7.92. The van der Waals surface area contributed by atoms with Crippen molar-refractivity contribution in [2.24, 2.45) is 0 Å². The molecule has 3 nitrogen and oxygen atoms in total. The molecule has 0 saturated carbocycles. The van der Waals surface area contributed by atoms with E-state index in [-0.39, 0.29) is 0 Å². The Bertz CT molecular complexity index is 561. The van der Waals surface area contributed by atoms with Gasteiger partial charge in [0.1, 0.15) is 0 Å². The Morgan fingerprint density at radius 2 is 2.11 bits per heavy atom. The predicted molar refractivity (Wildman–Crippen MR) is 75.4 cm³/mol. The van der Waals surface area contributed by atoms with Gasteiger partial charge in [-0.3, -0.25) is 4.72 Å². The molecule has 1 N–H and O–H groups in total. The van der Waals surface area contributed by atoms with Crippen molar-refractivity contribution < 1.29 is 8.42 Å². The van der Waals surface area contributed by atoms with Gasteiger partial charge in [-0.1, -0.05) is 30.4 Å². The van der Waals surface area contributed by atoms with Gasteiger partial charge in [-0.15, -0.1) is 0 Å². The van der Waals surface area contributed by atoms with Crippen LogP contribution in [0.5, 0.6) is 0 Å². The summed E-state index contributed by atoms with van der Waals surface area (Å²) in [5.74, 6) is 0.322. The fraction of sp³-hybridized carbons (Fsp3) is 0.429. The SMILES string of the molecule is Cc1cccc(C2C=CCCC2)c1NS(C)(=O)=O. The van der Waals surface area contributed by atoms with Gasteiger partial charge < -0.3 is 0 Å². The van der Waals surface area contributed by atoms with E-state index >= 15 is 0 Å². The zero-order chi connectivity index (χ0) is 13.2. The van der Waals surface area contributed by atoms with E-state index in [1.807, 2.05) is 25.1 Å². The molecule has 0 aliphatic heterocycles. The first-order valence-corrected chi connectivity index (χ1v) is 8.10. The van der Waals surface area contributed by atoms with E-state index in [1.165, 1.54) is 6.26 Å². The lowest BCUT2D eigenvalue weighted by Crippen LogP contribution is -2.14. The lowest BCUT2D eigenvalue weighted by Gasteiger charge is -2.21. The summed E-state index contributed by atoms with van der Waals surface area (Å²) >= 11 is 0. The van der Waals surface area contributed by atoms with Crippen LogP contribution in [0.25, 0.3) is 0 Å². The lowest BCUT2D eigenvalue weighted by molar-refractivity contribution is 0.606. The zero-order valence-electron chi connectivity index (χ0n) is 10.8. The van der Waals surface area contributed by atoms with Crippen LogP contribution in [0.3, 0.4) is 0 Å². The quantitative estimate of drug-likeness (QED) is 0.853. The van der Waals surface area contributed by atoms with Crippen LogP contribution < -0.4 is 4.72 Å². The molecule has 0 aromatic heterocycles. The smallest absolute Gasteiger partial charge is 0.229 e. The molecule has 0 fully saturated rings. The summed E-state index contributed by atoms with van der Waals surface area (Å²) in [6.07, 6.45) is 8.93. The predicted octanol–water partition coefficient (Wildman–Crippen LogP) is 3.19. The van der Waals surface area contributed by atoms with Crippen molar-refractivity contribution >= 4 is 15.7 Å². The fourth-order valence-electron chi connectivity index (χ4n) is 2.40. The third kappa shape index (κ3) is 3.13.